The number of fused-ring (bicyclic) bond motifs is 1. The van der Waals surface area contributed by atoms with Crippen LogP contribution in [0.3, 0.4) is 0 Å². The quantitative estimate of drug-likeness (QED) is 0.0735. The van der Waals surface area contributed by atoms with E-state index in [-0.39, 0.29) is 46.6 Å². The van der Waals surface area contributed by atoms with E-state index >= 15 is 0 Å². The molecule has 1 fully saturated rings. The molecule has 22 heteroatoms. The second-order valence-corrected chi connectivity index (χ2v) is 14.4. The molecule has 1 aliphatic heterocycles. The minimum atomic E-state index is -3.94. The predicted molar refractivity (Wildman–Crippen MR) is 182 cm³/mol. The molecule has 6 amide bonds. The van der Waals surface area contributed by atoms with Crippen molar-refractivity contribution < 1.29 is 62.4 Å². The molecule has 0 spiro atoms. The summed E-state index contributed by atoms with van der Waals surface area (Å²) in [5.74, 6) is -7.65. The molecule has 0 saturated carbocycles. The number of hydrogen-bond donors (Lipinski definition) is 9. The number of primary amides is 1. The van der Waals surface area contributed by atoms with Crippen molar-refractivity contribution in [1.82, 2.24) is 35.5 Å². The van der Waals surface area contributed by atoms with Crippen LogP contribution in [0.2, 0.25) is 0 Å². The average molecular weight is 767 g/mol. The number of phenols is 1. The number of rotatable bonds is 17. The van der Waals surface area contributed by atoms with Crippen LogP contribution in [0.25, 0.3) is 10.9 Å². The Morgan fingerprint density at radius 3 is 2.11 bits per heavy atom. The first-order valence-corrected chi connectivity index (χ1v) is 17.5. The second kappa shape index (κ2) is 17.9. The summed E-state index contributed by atoms with van der Waals surface area (Å²) >= 11 is 0. The van der Waals surface area contributed by atoms with Gasteiger partial charge < -0.3 is 52.3 Å². The van der Waals surface area contributed by atoms with E-state index in [9.17, 15) is 62.4 Å². The minimum Gasteiger partial charge on any atom is -0.506 e. The normalized spacial score (nSPS) is 16.6. The summed E-state index contributed by atoms with van der Waals surface area (Å²) in [5.41, 5.74) is 5.15. The number of carboxylic acid groups (broad SMARTS) is 1. The van der Waals surface area contributed by atoms with Crippen LogP contribution in [0.15, 0.2) is 29.2 Å². The first-order valence-electron chi connectivity index (χ1n) is 16.1. The fourth-order valence-corrected chi connectivity index (χ4v) is 6.58. The molecule has 2 heterocycles. The third kappa shape index (κ3) is 10.3. The van der Waals surface area contributed by atoms with Gasteiger partial charge in [0.15, 0.2) is 0 Å². The van der Waals surface area contributed by atoms with Gasteiger partial charge in [-0.15, -0.1) is 0 Å². The maximum absolute atomic E-state index is 13.9. The number of carbonyl (C=O) groups excluding carboxylic acids is 6. The van der Waals surface area contributed by atoms with Crippen molar-refractivity contribution in [3.8, 4) is 5.75 Å². The van der Waals surface area contributed by atoms with E-state index in [1.165, 1.54) is 32.3 Å². The highest BCUT2D eigenvalue weighted by Gasteiger charge is 2.40. The Morgan fingerprint density at radius 2 is 1.55 bits per heavy atom. The third-order valence-electron chi connectivity index (χ3n) is 8.21. The molecule has 290 valence electrons. The molecule has 1 saturated heterocycles. The molecule has 1 aliphatic rings. The lowest BCUT2D eigenvalue weighted by Gasteiger charge is -2.29. The number of sulfonamides is 1. The van der Waals surface area contributed by atoms with Crippen molar-refractivity contribution in [1.29, 1.82) is 0 Å². The second-order valence-electron chi connectivity index (χ2n) is 12.3. The highest BCUT2D eigenvalue weighted by Crippen LogP contribution is 2.31. The highest BCUT2D eigenvalue weighted by atomic mass is 32.2. The minimum absolute atomic E-state index is 0.0269. The van der Waals surface area contributed by atoms with Gasteiger partial charge in [0.1, 0.15) is 41.5 Å². The zero-order valence-corrected chi connectivity index (χ0v) is 29.8. The number of amides is 6. The number of benzene rings is 1. The fourth-order valence-electron chi connectivity index (χ4n) is 5.51. The smallest absolute Gasteiger partial charge is 0.305 e. The van der Waals surface area contributed by atoms with Crippen LogP contribution in [-0.2, 0) is 50.0 Å². The molecule has 3 rings (SSSR count). The third-order valence-corrected chi connectivity index (χ3v) is 10.1. The van der Waals surface area contributed by atoms with E-state index in [0.29, 0.717) is 6.42 Å². The Balaban J connectivity index is 1.84. The maximum Gasteiger partial charge on any atom is 0.305 e. The van der Waals surface area contributed by atoms with Gasteiger partial charge in [-0.3, -0.25) is 33.6 Å². The Morgan fingerprint density at radius 1 is 0.925 bits per heavy atom. The summed E-state index contributed by atoms with van der Waals surface area (Å²) < 4.78 is 26.7. The molecular formula is C31H42N8O13S. The fraction of sp³-hybridized carbons (Fsp3) is 0.484. The van der Waals surface area contributed by atoms with E-state index < -0.39 is 101 Å². The van der Waals surface area contributed by atoms with Crippen molar-refractivity contribution in [2.24, 2.45) is 5.73 Å². The van der Waals surface area contributed by atoms with Gasteiger partial charge in [0.05, 0.1) is 24.5 Å². The number of nitrogens with zero attached hydrogens (tertiary/aromatic N) is 3. The van der Waals surface area contributed by atoms with Crippen LogP contribution in [0.1, 0.15) is 31.9 Å². The summed E-state index contributed by atoms with van der Waals surface area (Å²) in [6, 6.07) is -2.47. The lowest BCUT2D eigenvalue weighted by atomic mass is 10.1. The molecule has 53 heavy (non-hydrogen) atoms. The van der Waals surface area contributed by atoms with E-state index in [4.69, 9.17) is 5.73 Å². The van der Waals surface area contributed by atoms with Gasteiger partial charge in [0, 0.05) is 45.1 Å². The summed E-state index contributed by atoms with van der Waals surface area (Å²) in [5, 5.41) is 47.8. The number of phenolic OH excluding ortho intramolecular Hbond substituents is 1. The molecule has 1 aromatic heterocycles. The molecule has 0 unspecified atom stereocenters. The molecule has 0 aliphatic carbocycles. The number of aliphatic hydroxyl groups is 2. The Labute approximate surface area is 302 Å². The zero-order chi connectivity index (χ0) is 39.8. The first-order chi connectivity index (χ1) is 24.8. The molecule has 0 bridgehead atoms. The first kappa shape index (κ1) is 42.0. The van der Waals surface area contributed by atoms with Crippen molar-refractivity contribution in [3.05, 3.63) is 30.0 Å². The van der Waals surface area contributed by atoms with Gasteiger partial charge in [0.2, 0.25) is 45.5 Å². The van der Waals surface area contributed by atoms with Crippen LogP contribution in [0.4, 0.5) is 0 Å². The zero-order valence-electron chi connectivity index (χ0n) is 28.9. The van der Waals surface area contributed by atoms with E-state index in [1.54, 1.807) is 0 Å². The summed E-state index contributed by atoms with van der Waals surface area (Å²) in [6.07, 6.45) is -0.861. The van der Waals surface area contributed by atoms with Crippen molar-refractivity contribution >= 4 is 62.3 Å². The number of aliphatic carboxylic acids is 1. The monoisotopic (exact) mass is 766 g/mol. The van der Waals surface area contributed by atoms with Crippen LogP contribution >= 0.6 is 0 Å². The molecule has 1 aromatic carbocycles. The van der Waals surface area contributed by atoms with E-state index in [2.05, 4.69) is 20.9 Å². The molecule has 5 atom stereocenters. The van der Waals surface area contributed by atoms with Crippen molar-refractivity contribution in [2.45, 2.75) is 67.7 Å². The number of aliphatic hydroxyl groups excluding tert-OH is 2. The van der Waals surface area contributed by atoms with Crippen LogP contribution in [-0.4, -0.2) is 149 Å². The van der Waals surface area contributed by atoms with Gasteiger partial charge in [-0.2, -0.15) is 0 Å². The number of hydrogen-bond acceptors (Lipinski definition) is 13. The lowest BCUT2D eigenvalue weighted by Crippen LogP contribution is -2.60. The maximum atomic E-state index is 13.9. The number of aromatic hydroxyl groups is 1. The SMILES string of the molecule is CC(=O)N[C@@H](Cc1ccc2c(S(=O)(=O)N(C)C)ccc(O)c2n1)C(=O)N1CCC[C@H]1C(=O)N[C@@H](CC(=O)O)C(=O)N[C@@H](CO)C(=O)N[C@@H](CO)C(N)=O. The Hall–Kier alpha value is -5.45. The molecule has 2 aromatic rings. The number of likely N-dealkylation sites (tertiary alicyclic amines) is 1. The number of carboxylic acids is 1. The molecular weight excluding hydrogens is 724 g/mol. The molecule has 0 radical (unpaired) electrons. The molecule has 21 nitrogen and oxygen atoms in total. The predicted octanol–water partition coefficient (Wildman–Crippen LogP) is -4.37. The van der Waals surface area contributed by atoms with E-state index in [0.717, 1.165) is 22.2 Å². The highest BCUT2D eigenvalue weighted by molar-refractivity contribution is 7.89. The van der Waals surface area contributed by atoms with Crippen molar-refractivity contribution in [2.75, 3.05) is 33.9 Å². The average Bonchev–Trinajstić information content (AvgIpc) is 3.58. The summed E-state index contributed by atoms with van der Waals surface area (Å²) in [4.78, 5) is 93.4. The van der Waals surface area contributed by atoms with Crippen LogP contribution in [0, 0.1) is 0 Å². The van der Waals surface area contributed by atoms with Gasteiger partial charge in [-0.25, -0.2) is 17.7 Å². The number of aromatic nitrogens is 1. The summed E-state index contributed by atoms with van der Waals surface area (Å²) in [6.45, 7) is -0.741. The van der Waals surface area contributed by atoms with Crippen LogP contribution < -0.4 is 27.0 Å². The Bertz CT molecular complexity index is 1870. The van der Waals surface area contributed by atoms with E-state index in [1.807, 2.05) is 5.32 Å². The number of nitrogens with two attached hydrogens (primary N) is 1. The van der Waals surface area contributed by atoms with Gasteiger partial charge in [-0.1, -0.05) is 0 Å². The van der Waals surface area contributed by atoms with Gasteiger partial charge in [0.25, 0.3) is 0 Å². The Kier molecular flexibility index (Phi) is 14.1. The van der Waals surface area contributed by atoms with Crippen molar-refractivity contribution in [3.63, 3.8) is 0 Å². The number of nitrogens with one attached hydrogen (secondary N) is 4. The largest absolute Gasteiger partial charge is 0.506 e. The lowest BCUT2D eigenvalue weighted by molar-refractivity contribution is -0.144. The number of pyridine rings is 1. The topological polar surface area (TPSA) is 328 Å². The number of carbonyl (C=O) groups is 7. The van der Waals surface area contributed by atoms with Crippen LogP contribution in [0.5, 0.6) is 5.75 Å². The van der Waals surface area contributed by atoms with Gasteiger partial charge in [-0.05, 0) is 37.1 Å². The molecule has 10 N–H and O–H groups in total. The standard InChI is InChI=1S/C31H42N8O13S/c1-15(42)33-19(11-16-6-7-17-24(53(51,52)38(2)3)9-8-23(43)26(17)34-16)31(50)39-10-4-5-22(39)30(49)35-18(12-25(44)45)28(47)37-21(14-41)29(48)36-20(13-40)27(32)46/h6-9,18-22,40-41,43H,4-5,10-14H2,1-3H3,(H2,32,46)(H,33,42)(H,35,49)(H,36,48)(H,37,47)(H,44,45)/t18-,19-,20-,21-,22-/m0/s1. The summed E-state index contributed by atoms with van der Waals surface area (Å²) in [7, 11) is -1.26. The van der Waals surface area contributed by atoms with Gasteiger partial charge >= 0.3 is 5.97 Å².